The summed E-state index contributed by atoms with van der Waals surface area (Å²) in [7, 11) is 1.60. The van der Waals surface area contributed by atoms with Gasteiger partial charge < -0.3 is 14.8 Å². The molecule has 22 heavy (non-hydrogen) atoms. The van der Waals surface area contributed by atoms with Crippen LogP contribution in [0.2, 0.25) is 0 Å². The highest BCUT2D eigenvalue weighted by Crippen LogP contribution is 2.12. The highest BCUT2D eigenvalue weighted by molar-refractivity contribution is 5.94. The quantitative estimate of drug-likeness (QED) is 0.799. The van der Waals surface area contributed by atoms with Crippen LogP contribution < -0.4 is 14.8 Å². The number of methoxy groups -OCH3 is 1. The molecule has 0 saturated carbocycles. The molecule has 0 aromatic heterocycles. The van der Waals surface area contributed by atoms with Crippen molar-refractivity contribution in [1.82, 2.24) is 5.32 Å². The molecule has 2 rings (SSSR count). The van der Waals surface area contributed by atoms with Crippen LogP contribution in [-0.2, 0) is 6.42 Å². The minimum atomic E-state index is -0.118. The molecule has 0 spiro atoms. The molecular weight excluding hydrogens is 278 g/mol. The first-order valence-corrected chi connectivity index (χ1v) is 7.37. The normalized spacial score (nSPS) is 10.1. The summed E-state index contributed by atoms with van der Waals surface area (Å²) < 4.78 is 10.7. The predicted octanol–water partition coefficient (Wildman–Crippen LogP) is 3.07. The Kier molecular flexibility index (Phi) is 5.83. The lowest BCUT2D eigenvalue weighted by atomic mass is 10.2. The molecule has 0 radical (unpaired) electrons. The first kappa shape index (κ1) is 15.9. The zero-order valence-corrected chi connectivity index (χ0v) is 13.0. The summed E-state index contributed by atoms with van der Waals surface area (Å²) in [4.78, 5) is 11.9. The van der Waals surface area contributed by atoms with Gasteiger partial charge in [-0.25, -0.2) is 0 Å². The van der Waals surface area contributed by atoms with Gasteiger partial charge in [0, 0.05) is 5.56 Å². The smallest absolute Gasteiger partial charge is 0.251 e. The van der Waals surface area contributed by atoms with E-state index in [1.165, 1.54) is 5.56 Å². The van der Waals surface area contributed by atoms with Gasteiger partial charge in [0.1, 0.15) is 18.1 Å². The number of benzene rings is 2. The lowest BCUT2D eigenvalue weighted by Gasteiger charge is -2.08. The zero-order chi connectivity index (χ0) is 15.8. The molecule has 4 heteroatoms. The zero-order valence-electron chi connectivity index (χ0n) is 13.0. The van der Waals surface area contributed by atoms with E-state index in [0.717, 1.165) is 17.9 Å². The van der Waals surface area contributed by atoms with E-state index in [1.54, 1.807) is 31.4 Å². The predicted molar refractivity (Wildman–Crippen MR) is 86.6 cm³/mol. The standard InChI is InChI=1S/C18H21NO3/c1-3-14-4-8-17(9-5-14)22-13-12-19-18(20)15-6-10-16(21-2)11-7-15/h4-11H,3,12-13H2,1-2H3,(H,19,20). The number of nitrogens with one attached hydrogen (secondary N) is 1. The molecular formula is C18H21NO3. The van der Waals surface area contributed by atoms with Crippen LogP contribution in [0.3, 0.4) is 0 Å². The third-order valence-electron chi connectivity index (χ3n) is 3.34. The summed E-state index contributed by atoms with van der Waals surface area (Å²) in [6.07, 6.45) is 1.01. The number of carbonyl (C=O) groups is 1. The molecule has 2 aromatic carbocycles. The van der Waals surface area contributed by atoms with Crippen molar-refractivity contribution < 1.29 is 14.3 Å². The average Bonchev–Trinajstić information content (AvgIpc) is 2.59. The second kappa shape index (κ2) is 8.08. The Labute approximate surface area is 131 Å². The molecule has 0 atom stereocenters. The van der Waals surface area contributed by atoms with Crippen LogP contribution in [0.15, 0.2) is 48.5 Å². The molecule has 0 aliphatic heterocycles. The molecule has 0 bridgehead atoms. The van der Waals surface area contributed by atoms with Crippen LogP contribution in [0.1, 0.15) is 22.8 Å². The summed E-state index contributed by atoms with van der Waals surface area (Å²) in [6, 6.07) is 15.0. The lowest BCUT2D eigenvalue weighted by Crippen LogP contribution is -2.28. The van der Waals surface area contributed by atoms with Crippen LogP contribution >= 0.6 is 0 Å². The third kappa shape index (κ3) is 4.52. The Morgan fingerprint density at radius 1 is 1.00 bits per heavy atom. The first-order chi connectivity index (χ1) is 10.7. The van der Waals surface area contributed by atoms with Crippen molar-refractivity contribution >= 4 is 5.91 Å². The fraction of sp³-hybridized carbons (Fsp3) is 0.278. The van der Waals surface area contributed by atoms with Gasteiger partial charge in [-0.05, 0) is 48.4 Å². The summed E-state index contributed by atoms with van der Waals surface area (Å²) in [5.41, 5.74) is 1.88. The number of aryl methyl sites for hydroxylation is 1. The van der Waals surface area contributed by atoms with Gasteiger partial charge in [0.15, 0.2) is 0 Å². The molecule has 0 heterocycles. The van der Waals surface area contributed by atoms with E-state index in [-0.39, 0.29) is 5.91 Å². The fourth-order valence-electron chi connectivity index (χ4n) is 2.00. The number of rotatable bonds is 7. The van der Waals surface area contributed by atoms with Crippen molar-refractivity contribution in [1.29, 1.82) is 0 Å². The van der Waals surface area contributed by atoms with Crippen LogP contribution in [0.5, 0.6) is 11.5 Å². The van der Waals surface area contributed by atoms with Gasteiger partial charge in [0.2, 0.25) is 0 Å². The largest absolute Gasteiger partial charge is 0.497 e. The van der Waals surface area contributed by atoms with Gasteiger partial charge in [-0.15, -0.1) is 0 Å². The maximum absolute atomic E-state index is 11.9. The van der Waals surface area contributed by atoms with Crippen molar-refractivity contribution in [2.75, 3.05) is 20.3 Å². The van der Waals surface area contributed by atoms with E-state index in [4.69, 9.17) is 9.47 Å². The van der Waals surface area contributed by atoms with Gasteiger partial charge >= 0.3 is 0 Å². The van der Waals surface area contributed by atoms with E-state index >= 15 is 0 Å². The van der Waals surface area contributed by atoms with Crippen molar-refractivity contribution in [3.63, 3.8) is 0 Å². The summed E-state index contributed by atoms with van der Waals surface area (Å²) in [6.45, 7) is 3.01. The second-order valence-electron chi connectivity index (χ2n) is 4.83. The van der Waals surface area contributed by atoms with Gasteiger partial charge in [0.25, 0.3) is 5.91 Å². The Balaban J connectivity index is 1.74. The molecule has 4 nitrogen and oxygen atoms in total. The first-order valence-electron chi connectivity index (χ1n) is 7.37. The fourth-order valence-corrected chi connectivity index (χ4v) is 2.00. The van der Waals surface area contributed by atoms with Crippen molar-refractivity contribution in [2.24, 2.45) is 0 Å². The summed E-state index contributed by atoms with van der Waals surface area (Å²) in [5.74, 6) is 1.43. The Hall–Kier alpha value is -2.49. The van der Waals surface area contributed by atoms with Crippen LogP contribution in [0, 0.1) is 0 Å². The Bertz CT molecular complexity index is 591. The number of amides is 1. The maximum atomic E-state index is 11.9. The van der Waals surface area contributed by atoms with Gasteiger partial charge in [-0.1, -0.05) is 19.1 Å². The maximum Gasteiger partial charge on any atom is 0.251 e. The van der Waals surface area contributed by atoms with Crippen molar-refractivity contribution in [2.45, 2.75) is 13.3 Å². The van der Waals surface area contributed by atoms with E-state index in [2.05, 4.69) is 12.2 Å². The molecule has 0 saturated heterocycles. The van der Waals surface area contributed by atoms with Gasteiger partial charge in [0.05, 0.1) is 13.7 Å². The van der Waals surface area contributed by atoms with Crippen LogP contribution in [0.4, 0.5) is 0 Å². The van der Waals surface area contributed by atoms with Gasteiger partial charge in [-0.2, -0.15) is 0 Å². The molecule has 1 N–H and O–H groups in total. The highest BCUT2D eigenvalue weighted by Gasteiger charge is 2.04. The lowest BCUT2D eigenvalue weighted by molar-refractivity contribution is 0.0947. The average molecular weight is 299 g/mol. The number of hydrogen-bond acceptors (Lipinski definition) is 3. The van der Waals surface area contributed by atoms with Crippen molar-refractivity contribution in [3.8, 4) is 11.5 Å². The molecule has 0 unspecified atom stereocenters. The second-order valence-corrected chi connectivity index (χ2v) is 4.83. The minimum Gasteiger partial charge on any atom is -0.497 e. The Morgan fingerprint density at radius 2 is 1.64 bits per heavy atom. The monoisotopic (exact) mass is 299 g/mol. The Morgan fingerprint density at radius 3 is 2.23 bits per heavy atom. The number of carbonyl (C=O) groups excluding carboxylic acids is 1. The molecule has 0 aliphatic rings. The summed E-state index contributed by atoms with van der Waals surface area (Å²) >= 11 is 0. The van der Waals surface area contributed by atoms with E-state index in [1.807, 2.05) is 24.3 Å². The summed E-state index contributed by atoms with van der Waals surface area (Å²) in [5, 5.41) is 2.82. The highest BCUT2D eigenvalue weighted by atomic mass is 16.5. The molecule has 0 aliphatic carbocycles. The van der Waals surface area contributed by atoms with Gasteiger partial charge in [-0.3, -0.25) is 4.79 Å². The topological polar surface area (TPSA) is 47.6 Å². The van der Waals surface area contributed by atoms with Crippen LogP contribution in [-0.4, -0.2) is 26.2 Å². The number of hydrogen-bond donors (Lipinski definition) is 1. The van der Waals surface area contributed by atoms with Crippen molar-refractivity contribution in [3.05, 3.63) is 59.7 Å². The number of ether oxygens (including phenoxy) is 2. The van der Waals surface area contributed by atoms with E-state index in [9.17, 15) is 4.79 Å². The van der Waals surface area contributed by atoms with Crippen LogP contribution in [0.25, 0.3) is 0 Å². The molecule has 0 fully saturated rings. The minimum absolute atomic E-state index is 0.118. The third-order valence-corrected chi connectivity index (χ3v) is 3.34. The molecule has 116 valence electrons. The van der Waals surface area contributed by atoms with E-state index < -0.39 is 0 Å². The van der Waals surface area contributed by atoms with E-state index in [0.29, 0.717) is 18.7 Å². The molecule has 1 amide bonds. The molecule has 2 aromatic rings. The SMILES string of the molecule is CCc1ccc(OCCNC(=O)c2ccc(OC)cc2)cc1.